The van der Waals surface area contributed by atoms with Crippen molar-refractivity contribution >= 4 is 5.91 Å². The Bertz CT molecular complexity index is 852. The van der Waals surface area contributed by atoms with E-state index in [2.05, 4.69) is 17.2 Å². The van der Waals surface area contributed by atoms with Crippen molar-refractivity contribution in [2.45, 2.75) is 26.8 Å². The number of carbonyl (C=O) groups excluding carboxylic acids is 1. The topological polar surface area (TPSA) is 56.1 Å². The van der Waals surface area contributed by atoms with Crippen LogP contribution in [0.2, 0.25) is 0 Å². The van der Waals surface area contributed by atoms with E-state index < -0.39 is 0 Å². The molecule has 1 heterocycles. The number of imidazole rings is 1. The number of carbonyl (C=O) groups is 1. The number of rotatable bonds is 7. The van der Waals surface area contributed by atoms with Gasteiger partial charge in [0.15, 0.2) is 0 Å². The van der Waals surface area contributed by atoms with E-state index in [9.17, 15) is 4.79 Å². The van der Waals surface area contributed by atoms with Crippen LogP contribution in [0.4, 0.5) is 0 Å². The highest BCUT2D eigenvalue weighted by Crippen LogP contribution is 2.14. The van der Waals surface area contributed by atoms with E-state index in [1.165, 1.54) is 0 Å². The first-order chi connectivity index (χ1) is 12.7. The van der Waals surface area contributed by atoms with E-state index in [4.69, 9.17) is 4.74 Å². The van der Waals surface area contributed by atoms with Gasteiger partial charge in [0.2, 0.25) is 0 Å². The number of amides is 1. The lowest BCUT2D eigenvalue weighted by Gasteiger charge is -2.09. The second-order valence-corrected chi connectivity index (χ2v) is 6.07. The average molecular weight is 349 g/mol. The van der Waals surface area contributed by atoms with Crippen molar-refractivity contribution in [1.29, 1.82) is 0 Å². The smallest absolute Gasteiger partial charge is 0.251 e. The van der Waals surface area contributed by atoms with Crippen LogP contribution in [0.25, 0.3) is 5.69 Å². The first-order valence-corrected chi connectivity index (χ1v) is 8.77. The van der Waals surface area contributed by atoms with E-state index in [-0.39, 0.29) is 5.91 Å². The van der Waals surface area contributed by atoms with Crippen molar-refractivity contribution in [1.82, 2.24) is 14.9 Å². The summed E-state index contributed by atoms with van der Waals surface area (Å²) >= 11 is 0. The minimum absolute atomic E-state index is 0.0958. The van der Waals surface area contributed by atoms with Crippen molar-refractivity contribution in [2.24, 2.45) is 0 Å². The molecule has 0 bridgehead atoms. The fourth-order valence-corrected chi connectivity index (χ4v) is 2.63. The highest BCUT2D eigenvalue weighted by atomic mass is 16.5. The van der Waals surface area contributed by atoms with Crippen LogP contribution in [0, 0.1) is 6.92 Å². The van der Waals surface area contributed by atoms with Gasteiger partial charge in [-0.05, 0) is 55.3 Å². The average Bonchev–Trinajstić information content (AvgIpc) is 3.11. The van der Waals surface area contributed by atoms with E-state index in [0.29, 0.717) is 18.7 Å². The van der Waals surface area contributed by atoms with Gasteiger partial charge in [-0.2, -0.15) is 0 Å². The maximum absolute atomic E-state index is 12.3. The minimum atomic E-state index is -0.0958. The summed E-state index contributed by atoms with van der Waals surface area (Å²) in [5, 5.41) is 2.94. The summed E-state index contributed by atoms with van der Waals surface area (Å²) < 4.78 is 7.55. The first-order valence-electron chi connectivity index (χ1n) is 8.77. The summed E-state index contributed by atoms with van der Waals surface area (Å²) in [5.41, 5.74) is 2.72. The molecular formula is C21H23N3O2. The van der Waals surface area contributed by atoms with Gasteiger partial charge in [-0.3, -0.25) is 4.79 Å². The van der Waals surface area contributed by atoms with Gasteiger partial charge in [-0.25, -0.2) is 4.98 Å². The molecule has 0 saturated carbocycles. The third-order valence-electron chi connectivity index (χ3n) is 4.08. The number of ether oxygens (including phenoxy) is 1. The quantitative estimate of drug-likeness (QED) is 0.704. The number of hydrogen-bond acceptors (Lipinski definition) is 3. The molecule has 0 unspecified atom stereocenters. The van der Waals surface area contributed by atoms with Gasteiger partial charge < -0.3 is 14.6 Å². The molecule has 0 aliphatic heterocycles. The predicted octanol–water partition coefficient (Wildman–Crippen LogP) is 3.90. The van der Waals surface area contributed by atoms with Crippen LogP contribution in [0.1, 0.15) is 35.1 Å². The normalized spacial score (nSPS) is 10.5. The summed E-state index contributed by atoms with van der Waals surface area (Å²) in [4.78, 5) is 16.5. The molecule has 1 N–H and O–H groups in total. The fourth-order valence-electron chi connectivity index (χ4n) is 2.63. The Morgan fingerprint density at radius 2 is 1.85 bits per heavy atom. The Kier molecular flexibility index (Phi) is 5.69. The fraction of sp³-hybridized carbons (Fsp3) is 0.238. The van der Waals surface area contributed by atoms with Crippen LogP contribution in [-0.4, -0.2) is 22.1 Å². The molecule has 2 aromatic carbocycles. The number of nitrogens with one attached hydrogen (secondary N) is 1. The minimum Gasteiger partial charge on any atom is -0.494 e. The molecule has 5 heteroatoms. The van der Waals surface area contributed by atoms with Gasteiger partial charge in [-0.1, -0.05) is 19.1 Å². The lowest BCUT2D eigenvalue weighted by Crippen LogP contribution is -2.22. The van der Waals surface area contributed by atoms with Crippen LogP contribution < -0.4 is 10.1 Å². The molecule has 134 valence electrons. The van der Waals surface area contributed by atoms with Crippen molar-refractivity contribution in [2.75, 3.05) is 6.61 Å². The van der Waals surface area contributed by atoms with E-state index in [0.717, 1.165) is 29.2 Å². The van der Waals surface area contributed by atoms with E-state index in [1.54, 1.807) is 18.3 Å². The Hall–Kier alpha value is -3.08. The molecule has 26 heavy (non-hydrogen) atoms. The predicted molar refractivity (Wildman–Crippen MR) is 102 cm³/mol. The summed E-state index contributed by atoms with van der Waals surface area (Å²) in [6.07, 6.45) is 4.67. The third kappa shape index (κ3) is 4.30. The molecule has 0 spiro atoms. The largest absolute Gasteiger partial charge is 0.494 e. The van der Waals surface area contributed by atoms with Gasteiger partial charge in [0.25, 0.3) is 5.91 Å². The summed E-state index contributed by atoms with van der Waals surface area (Å²) in [7, 11) is 0. The molecular weight excluding hydrogens is 326 g/mol. The van der Waals surface area contributed by atoms with Crippen LogP contribution in [0.15, 0.2) is 60.9 Å². The molecule has 0 fully saturated rings. The van der Waals surface area contributed by atoms with Gasteiger partial charge in [0.05, 0.1) is 6.61 Å². The molecule has 0 aliphatic rings. The van der Waals surface area contributed by atoms with Gasteiger partial charge in [-0.15, -0.1) is 0 Å². The molecule has 3 rings (SSSR count). The Morgan fingerprint density at radius 1 is 1.12 bits per heavy atom. The maximum Gasteiger partial charge on any atom is 0.251 e. The number of hydrogen-bond donors (Lipinski definition) is 1. The first kappa shape index (κ1) is 17.7. The van der Waals surface area contributed by atoms with Gasteiger partial charge >= 0.3 is 0 Å². The van der Waals surface area contributed by atoms with Crippen molar-refractivity contribution in [3.8, 4) is 11.4 Å². The van der Waals surface area contributed by atoms with Gasteiger partial charge in [0.1, 0.15) is 11.6 Å². The molecule has 1 amide bonds. The Labute approximate surface area is 153 Å². The standard InChI is InChI=1S/C21H23N3O2/c1-3-14-26-20-10-6-18(7-11-20)21(25)23-15-17-4-8-19(9-5-17)24-13-12-22-16(24)2/h4-13H,3,14-15H2,1-2H3,(H,23,25). The molecule has 0 radical (unpaired) electrons. The molecule has 3 aromatic rings. The van der Waals surface area contributed by atoms with Crippen LogP contribution in [0.3, 0.4) is 0 Å². The second-order valence-electron chi connectivity index (χ2n) is 6.07. The van der Waals surface area contributed by atoms with Crippen LogP contribution >= 0.6 is 0 Å². The molecule has 0 saturated heterocycles. The number of aryl methyl sites for hydroxylation is 1. The lowest BCUT2D eigenvalue weighted by atomic mass is 10.1. The Morgan fingerprint density at radius 3 is 2.46 bits per heavy atom. The second kappa shape index (κ2) is 8.34. The number of benzene rings is 2. The molecule has 0 atom stereocenters. The molecule has 1 aromatic heterocycles. The zero-order valence-electron chi connectivity index (χ0n) is 15.1. The van der Waals surface area contributed by atoms with Crippen molar-refractivity contribution < 1.29 is 9.53 Å². The molecule has 0 aliphatic carbocycles. The zero-order chi connectivity index (χ0) is 18.4. The Balaban J connectivity index is 1.56. The van der Waals surface area contributed by atoms with Crippen LogP contribution in [-0.2, 0) is 6.54 Å². The highest BCUT2D eigenvalue weighted by Gasteiger charge is 2.06. The van der Waals surface area contributed by atoms with Crippen molar-refractivity contribution in [3.63, 3.8) is 0 Å². The highest BCUT2D eigenvalue weighted by molar-refractivity contribution is 5.94. The summed E-state index contributed by atoms with van der Waals surface area (Å²) in [6, 6.07) is 15.3. The molecule has 5 nitrogen and oxygen atoms in total. The SMILES string of the molecule is CCCOc1ccc(C(=O)NCc2ccc(-n3ccnc3C)cc2)cc1. The van der Waals surface area contributed by atoms with Crippen molar-refractivity contribution in [3.05, 3.63) is 77.9 Å². The summed E-state index contributed by atoms with van der Waals surface area (Å²) in [5.74, 6) is 1.63. The van der Waals surface area contributed by atoms with E-state index >= 15 is 0 Å². The zero-order valence-corrected chi connectivity index (χ0v) is 15.1. The van der Waals surface area contributed by atoms with Gasteiger partial charge in [0, 0.05) is 30.2 Å². The van der Waals surface area contributed by atoms with E-state index in [1.807, 2.05) is 54.1 Å². The maximum atomic E-state index is 12.3. The number of nitrogens with zero attached hydrogens (tertiary/aromatic N) is 2. The monoisotopic (exact) mass is 349 g/mol. The lowest BCUT2D eigenvalue weighted by molar-refractivity contribution is 0.0951. The summed E-state index contributed by atoms with van der Waals surface area (Å²) in [6.45, 7) is 5.19. The third-order valence-corrected chi connectivity index (χ3v) is 4.08. The van der Waals surface area contributed by atoms with Crippen LogP contribution in [0.5, 0.6) is 5.75 Å². The number of aromatic nitrogens is 2.